The lowest BCUT2D eigenvalue weighted by Gasteiger charge is -2.24. The van der Waals surface area contributed by atoms with E-state index >= 15 is 0 Å². The van der Waals surface area contributed by atoms with E-state index in [9.17, 15) is 4.79 Å². The maximum absolute atomic E-state index is 12.1. The fourth-order valence-electron chi connectivity index (χ4n) is 2.84. The highest BCUT2D eigenvalue weighted by Crippen LogP contribution is 2.27. The Kier molecular flexibility index (Phi) is 4.54. The first-order chi connectivity index (χ1) is 11.3. The molecule has 1 fully saturated rings. The van der Waals surface area contributed by atoms with E-state index in [0.29, 0.717) is 18.1 Å². The van der Waals surface area contributed by atoms with Crippen molar-refractivity contribution in [3.05, 3.63) is 35.5 Å². The highest BCUT2D eigenvalue weighted by atomic mass is 35.5. The van der Waals surface area contributed by atoms with Crippen LogP contribution in [0.5, 0.6) is 0 Å². The van der Waals surface area contributed by atoms with Gasteiger partial charge in [-0.1, -0.05) is 17.7 Å². The van der Waals surface area contributed by atoms with Crippen molar-refractivity contribution in [2.75, 3.05) is 18.4 Å². The molecule has 6 heteroatoms. The maximum atomic E-state index is 12.1. The standard InChI is InChI=1S/C18H22ClN3O2/c1-18(2,3)24-17(23)22-8-6-13(11-22)21-14-9-12-5-4-7-20-16(12)15(19)10-14/h4-5,7,9-10,13,21H,6,8,11H2,1-3H3. The summed E-state index contributed by atoms with van der Waals surface area (Å²) in [5.41, 5.74) is 1.27. The number of pyridine rings is 1. The molecule has 2 aromatic rings. The highest BCUT2D eigenvalue weighted by molar-refractivity contribution is 6.35. The van der Waals surface area contributed by atoms with Gasteiger partial charge in [0.25, 0.3) is 0 Å². The van der Waals surface area contributed by atoms with Gasteiger partial charge in [-0.3, -0.25) is 4.98 Å². The number of anilines is 1. The Morgan fingerprint density at radius 1 is 1.42 bits per heavy atom. The number of fused-ring (bicyclic) bond motifs is 1. The Morgan fingerprint density at radius 3 is 2.96 bits per heavy atom. The number of rotatable bonds is 2. The smallest absolute Gasteiger partial charge is 0.410 e. The molecule has 3 rings (SSSR count). The van der Waals surface area contributed by atoms with Crippen LogP contribution in [0.4, 0.5) is 10.5 Å². The molecule has 1 amide bonds. The van der Waals surface area contributed by atoms with E-state index in [2.05, 4.69) is 10.3 Å². The van der Waals surface area contributed by atoms with Gasteiger partial charge in [-0.2, -0.15) is 0 Å². The molecule has 1 saturated heterocycles. The summed E-state index contributed by atoms with van der Waals surface area (Å²) in [6.45, 7) is 6.94. The number of carbonyl (C=O) groups excluding carboxylic acids is 1. The number of aromatic nitrogens is 1. The molecule has 24 heavy (non-hydrogen) atoms. The van der Waals surface area contributed by atoms with E-state index < -0.39 is 5.60 Å². The second kappa shape index (κ2) is 6.48. The number of hydrogen-bond donors (Lipinski definition) is 1. The number of ether oxygens (including phenoxy) is 1. The van der Waals surface area contributed by atoms with Gasteiger partial charge >= 0.3 is 6.09 Å². The summed E-state index contributed by atoms with van der Waals surface area (Å²) in [6, 6.07) is 7.98. The van der Waals surface area contributed by atoms with Gasteiger partial charge in [-0.25, -0.2) is 4.79 Å². The minimum Gasteiger partial charge on any atom is -0.444 e. The summed E-state index contributed by atoms with van der Waals surface area (Å²) in [7, 11) is 0. The summed E-state index contributed by atoms with van der Waals surface area (Å²) >= 11 is 6.31. The molecule has 0 spiro atoms. The third-order valence-electron chi connectivity index (χ3n) is 3.87. The molecule has 0 saturated carbocycles. The first-order valence-corrected chi connectivity index (χ1v) is 8.48. The Bertz CT molecular complexity index is 758. The average molecular weight is 348 g/mol. The zero-order valence-corrected chi connectivity index (χ0v) is 14.9. The monoisotopic (exact) mass is 347 g/mol. The third-order valence-corrected chi connectivity index (χ3v) is 4.16. The zero-order valence-electron chi connectivity index (χ0n) is 14.2. The van der Waals surface area contributed by atoms with Gasteiger partial charge < -0.3 is 15.0 Å². The number of halogens is 1. The Labute approximate surface area is 146 Å². The Balaban J connectivity index is 1.66. The quantitative estimate of drug-likeness (QED) is 0.879. The molecule has 128 valence electrons. The molecule has 1 aromatic carbocycles. The van der Waals surface area contributed by atoms with Crippen molar-refractivity contribution in [2.45, 2.75) is 38.8 Å². The van der Waals surface area contributed by atoms with Gasteiger partial charge in [-0.05, 0) is 45.4 Å². The maximum Gasteiger partial charge on any atom is 0.410 e. The van der Waals surface area contributed by atoms with Crippen LogP contribution in [0.3, 0.4) is 0 Å². The lowest BCUT2D eigenvalue weighted by atomic mass is 10.1. The molecule has 1 aliphatic heterocycles. The lowest BCUT2D eigenvalue weighted by Crippen LogP contribution is -2.36. The predicted molar refractivity (Wildman–Crippen MR) is 96.6 cm³/mol. The molecule has 1 aliphatic rings. The van der Waals surface area contributed by atoms with Crippen molar-refractivity contribution in [3.63, 3.8) is 0 Å². The minimum absolute atomic E-state index is 0.183. The zero-order chi connectivity index (χ0) is 17.3. The van der Waals surface area contributed by atoms with Crippen LogP contribution in [-0.4, -0.2) is 40.7 Å². The van der Waals surface area contributed by atoms with E-state index in [4.69, 9.17) is 16.3 Å². The molecule has 5 nitrogen and oxygen atoms in total. The second-order valence-corrected chi connectivity index (χ2v) is 7.50. The van der Waals surface area contributed by atoms with Gasteiger partial charge in [0, 0.05) is 36.4 Å². The van der Waals surface area contributed by atoms with Crippen LogP contribution in [0.1, 0.15) is 27.2 Å². The molecule has 0 aliphatic carbocycles. The fraction of sp³-hybridized carbons (Fsp3) is 0.444. The number of amides is 1. The van der Waals surface area contributed by atoms with E-state index in [1.165, 1.54) is 0 Å². The van der Waals surface area contributed by atoms with Crippen LogP contribution in [0, 0.1) is 0 Å². The number of nitrogens with zero attached hydrogens (tertiary/aromatic N) is 2. The number of likely N-dealkylation sites (tertiary alicyclic amines) is 1. The molecule has 2 heterocycles. The SMILES string of the molecule is CC(C)(C)OC(=O)N1CCC(Nc2cc(Cl)c3ncccc3c2)C1. The lowest BCUT2D eigenvalue weighted by molar-refractivity contribution is 0.0293. The van der Waals surface area contributed by atoms with Gasteiger partial charge in [0.15, 0.2) is 0 Å². The number of carbonyl (C=O) groups is 1. The first-order valence-electron chi connectivity index (χ1n) is 8.10. The van der Waals surface area contributed by atoms with Gasteiger partial charge in [0.2, 0.25) is 0 Å². The fourth-order valence-corrected chi connectivity index (χ4v) is 3.11. The van der Waals surface area contributed by atoms with Crippen LogP contribution >= 0.6 is 11.6 Å². The highest BCUT2D eigenvalue weighted by Gasteiger charge is 2.29. The van der Waals surface area contributed by atoms with Crippen molar-refractivity contribution < 1.29 is 9.53 Å². The Hall–Kier alpha value is -2.01. The van der Waals surface area contributed by atoms with Gasteiger partial charge in [-0.15, -0.1) is 0 Å². The summed E-state index contributed by atoms with van der Waals surface area (Å²) in [4.78, 5) is 18.2. The van der Waals surface area contributed by atoms with Crippen molar-refractivity contribution in [1.29, 1.82) is 0 Å². The van der Waals surface area contributed by atoms with E-state index in [-0.39, 0.29) is 12.1 Å². The van der Waals surface area contributed by atoms with Crippen molar-refractivity contribution in [1.82, 2.24) is 9.88 Å². The van der Waals surface area contributed by atoms with Gasteiger partial charge in [0.1, 0.15) is 5.60 Å². The third kappa shape index (κ3) is 3.90. The topological polar surface area (TPSA) is 54.5 Å². The summed E-state index contributed by atoms with van der Waals surface area (Å²) < 4.78 is 5.43. The van der Waals surface area contributed by atoms with Crippen LogP contribution in [-0.2, 0) is 4.74 Å². The van der Waals surface area contributed by atoms with Crippen molar-refractivity contribution in [3.8, 4) is 0 Å². The van der Waals surface area contributed by atoms with Crippen LogP contribution in [0.15, 0.2) is 30.5 Å². The normalized spacial score (nSPS) is 18.0. The van der Waals surface area contributed by atoms with E-state index in [1.807, 2.05) is 45.0 Å². The molecule has 1 unspecified atom stereocenters. The molecule has 1 atom stereocenters. The summed E-state index contributed by atoms with van der Waals surface area (Å²) in [5, 5.41) is 5.08. The second-order valence-electron chi connectivity index (χ2n) is 7.09. The van der Waals surface area contributed by atoms with Crippen LogP contribution in [0.25, 0.3) is 10.9 Å². The molecule has 0 bridgehead atoms. The molecule has 1 N–H and O–H groups in total. The van der Waals surface area contributed by atoms with Crippen molar-refractivity contribution >= 4 is 34.3 Å². The van der Waals surface area contributed by atoms with Crippen molar-refractivity contribution in [2.24, 2.45) is 0 Å². The molecule has 0 radical (unpaired) electrons. The van der Waals surface area contributed by atoms with Gasteiger partial charge in [0.05, 0.1) is 10.5 Å². The van der Waals surface area contributed by atoms with Crippen LogP contribution < -0.4 is 5.32 Å². The van der Waals surface area contributed by atoms with Crippen LogP contribution in [0.2, 0.25) is 5.02 Å². The van der Waals surface area contributed by atoms with E-state index in [0.717, 1.165) is 23.0 Å². The minimum atomic E-state index is -0.471. The molecular weight excluding hydrogens is 326 g/mol. The summed E-state index contributed by atoms with van der Waals surface area (Å²) in [5.74, 6) is 0. The average Bonchev–Trinajstić information content (AvgIpc) is 2.94. The number of nitrogens with one attached hydrogen (secondary N) is 1. The molecule has 1 aromatic heterocycles. The summed E-state index contributed by atoms with van der Waals surface area (Å²) in [6.07, 6.45) is 2.35. The predicted octanol–water partition coefficient (Wildman–Crippen LogP) is 4.31. The number of benzene rings is 1. The first kappa shape index (κ1) is 16.8. The largest absolute Gasteiger partial charge is 0.444 e. The Morgan fingerprint density at radius 2 is 2.21 bits per heavy atom. The number of hydrogen-bond acceptors (Lipinski definition) is 4. The molecular formula is C18H22ClN3O2. The van der Waals surface area contributed by atoms with E-state index in [1.54, 1.807) is 11.1 Å².